The zero-order valence-electron chi connectivity index (χ0n) is 12.8. The molecule has 0 radical (unpaired) electrons. The first-order valence-corrected chi connectivity index (χ1v) is 8.21. The topological polar surface area (TPSA) is 39.2 Å². The van der Waals surface area contributed by atoms with Crippen molar-refractivity contribution in [2.24, 2.45) is 5.73 Å². The molecule has 2 N–H and O–H groups in total. The number of rotatable bonds is 4. The molecule has 0 amide bonds. The first-order chi connectivity index (χ1) is 10.3. The Bertz CT molecular complexity index is 564. The summed E-state index contributed by atoms with van der Waals surface area (Å²) in [5, 5.41) is 0. The van der Waals surface area contributed by atoms with Gasteiger partial charge in [0.2, 0.25) is 0 Å². The number of benzene rings is 1. The summed E-state index contributed by atoms with van der Waals surface area (Å²) in [5.74, 6) is 1.75. The van der Waals surface area contributed by atoms with Crippen LogP contribution in [0.3, 0.4) is 0 Å². The van der Waals surface area contributed by atoms with Crippen molar-refractivity contribution < 1.29 is 4.42 Å². The van der Waals surface area contributed by atoms with Crippen molar-refractivity contribution in [3.05, 3.63) is 59.0 Å². The smallest absolute Gasteiger partial charge is 0.108 e. The molecule has 1 fully saturated rings. The van der Waals surface area contributed by atoms with Crippen LogP contribution in [-0.4, -0.2) is 0 Å². The molecule has 2 heteroatoms. The largest absolute Gasteiger partial charge is 0.469 e. The van der Waals surface area contributed by atoms with Crippen LogP contribution in [0.15, 0.2) is 41.0 Å². The highest BCUT2D eigenvalue weighted by molar-refractivity contribution is 5.35. The fourth-order valence-corrected chi connectivity index (χ4v) is 3.51. The Morgan fingerprint density at radius 2 is 1.81 bits per heavy atom. The Morgan fingerprint density at radius 1 is 1.10 bits per heavy atom. The third kappa shape index (κ3) is 3.06. The number of hydrogen-bond donors (Lipinski definition) is 1. The Morgan fingerprint density at radius 3 is 2.48 bits per heavy atom. The van der Waals surface area contributed by atoms with Gasteiger partial charge in [-0.15, -0.1) is 0 Å². The van der Waals surface area contributed by atoms with Crippen molar-refractivity contribution in [2.75, 3.05) is 0 Å². The van der Waals surface area contributed by atoms with Gasteiger partial charge in [0.05, 0.1) is 12.3 Å². The molecule has 1 unspecified atom stereocenters. The number of nitrogens with two attached hydrogens (primary N) is 1. The molecule has 2 aromatic rings. The summed E-state index contributed by atoms with van der Waals surface area (Å²) >= 11 is 0. The quantitative estimate of drug-likeness (QED) is 0.863. The zero-order valence-corrected chi connectivity index (χ0v) is 12.8. The van der Waals surface area contributed by atoms with E-state index in [4.69, 9.17) is 10.2 Å². The van der Waals surface area contributed by atoms with E-state index in [0.717, 1.165) is 23.7 Å². The minimum atomic E-state index is -0.0842. The highest BCUT2D eigenvalue weighted by Gasteiger charge is 2.18. The van der Waals surface area contributed by atoms with Crippen molar-refractivity contribution in [2.45, 2.75) is 57.4 Å². The van der Waals surface area contributed by atoms with Crippen LogP contribution in [0.2, 0.25) is 0 Å². The van der Waals surface area contributed by atoms with Gasteiger partial charge in [-0.05, 0) is 36.0 Å². The molecule has 1 aromatic heterocycles. The molecule has 3 rings (SSSR count). The van der Waals surface area contributed by atoms with Crippen LogP contribution in [0, 0.1) is 0 Å². The first kappa shape index (κ1) is 14.4. The minimum Gasteiger partial charge on any atom is -0.469 e. The lowest BCUT2D eigenvalue weighted by Gasteiger charge is -2.22. The minimum absolute atomic E-state index is 0.0842. The molecule has 0 aliphatic heterocycles. The van der Waals surface area contributed by atoms with E-state index in [0.29, 0.717) is 0 Å². The predicted octanol–water partition coefficient (Wildman–Crippen LogP) is 4.94. The maximum absolute atomic E-state index is 6.41. The molecule has 1 atom stereocenters. The maximum Gasteiger partial charge on any atom is 0.108 e. The van der Waals surface area contributed by atoms with Crippen molar-refractivity contribution in [1.29, 1.82) is 0 Å². The van der Waals surface area contributed by atoms with Gasteiger partial charge in [-0.3, -0.25) is 0 Å². The Kier molecular flexibility index (Phi) is 4.45. The molecular weight excluding hydrogens is 258 g/mol. The molecule has 1 aliphatic carbocycles. The molecule has 21 heavy (non-hydrogen) atoms. The molecule has 1 heterocycles. The van der Waals surface area contributed by atoms with Crippen molar-refractivity contribution >= 4 is 0 Å². The second kappa shape index (κ2) is 6.48. The van der Waals surface area contributed by atoms with Gasteiger partial charge < -0.3 is 10.2 Å². The van der Waals surface area contributed by atoms with E-state index in [1.54, 1.807) is 6.26 Å². The van der Waals surface area contributed by atoms with Crippen molar-refractivity contribution in [1.82, 2.24) is 0 Å². The van der Waals surface area contributed by atoms with Crippen LogP contribution in [0.5, 0.6) is 0 Å². The molecule has 0 saturated heterocycles. The maximum atomic E-state index is 6.41. The standard InChI is InChI=1S/C19H25NO/c1-2-18-17(12-13-21-18)19(20)16-10-8-15(9-11-16)14-6-4-3-5-7-14/h8-14,19H,2-7,20H2,1H3. The van der Waals surface area contributed by atoms with E-state index >= 15 is 0 Å². The number of furan rings is 1. The van der Waals surface area contributed by atoms with Gasteiger partial charge in [-0.1, -0.05) is 50.5 Å². The second-order valence-corrected chi connectivity index (χ2v) is 6.13. The summed E-state index contributed by atoms with van der Waals surface area (Å²) in [7, 11) is 0. The Hall–Kier alpha value is -1.54. The fourth-order valence-electron chi connectivity index (χ4n) is 3.51. The van der Waals surface area contributed by atoms with Crippen molar-refractivity contribution in [3.63, 3.8) is 0 Å². The summed E-state index contributed by atoms with van der Waals surface area (Å²) in [4.78, 5) is 0. The number of aryl methyl sites for hydroxylation is 1. The third-order valence-electron chi connectivity index (χ3n) is 4.81. The van der Waals surface area contributed by atoms with Gasteiger partial charge in [0.25, 0.3) is 0 Å². The lowest BCUT2D eigenvalue weighted by atomic mass is 9.83. The molecular formula is C19H25NO. The van der Waals surface area contributed by atoms with Crippen LogP contribution in [-0.2, 0) is 6.42 Å². The van der Waals surface area contributed by atoms with Gasteiger partial charge in [-0.2, -0.15) is 0 Å². The first-order valence-electron chi connectivity index (χ1n) is 8.21. The van der Waals surface area contributed by atoms with Gasteiger partial charge in [0.15, 0.2) is 0 Å². The molecule has 2 nitrogen and oxygen atoms in total. The lowest BCUT2D eigenvalue weighted by Crippen LogP contribution is -2.13. The van der Waals surface area contributed by atoms with E-state index in [2.05, 4.69) is 31.2 Å². The lowest BCUT2D eigenvalue weighted by molar-refractivity contribution is 0.443. The highest BCUT2D eigenvalue weighted by Crippen LogP contribution is 2.33. The van der Waals surface area contributed by atoms with E-state index in [-0.39, 0.29) is 6.04 Å². The van der Waals surface area contributed by atoms with Crippen LogP contribution in [0.1, 0.15) is 73.4 Å². The van der Waals surface area contributed by atoms with Crippen LogP contribution < -0.4 is 5.73 Å². The van der Waals surface area contributed by atoms with Gasteiger partial charge in [-0.25, -0.2) is 0 Å². The third-order valence-corrected chi connectivity index (χ3v) is 4.81. The molecule has 1 aromatic carbocycles. The summed E-state index contributed by atoms with van der Waals surface area (Å²) in [6.45, 7) is 2.10. The summed E-state index contributed by atoms with van der Waals surface area (Å²) < 4.78 is 5.50. The average Bonchev–Trinajstić information content (AvgIpc) is 3.04. The molecule has 0 bridgehead atoms. The van der Waals surface area contributed by atoms with E-state index < -0.39 is 0 Å². The summed E-state index contributed by atoms with van der Waals surface area (Å²) in [6, 6.07) is 10.9. The second-order valence-electron chi connectivity index (χ2n) is 6.13. The summed E-state index contributed by atoms with van der Waals surface area (Å²) in [6.07, 6.45) is 9.46. The molecule has 1 aliphatic rings. The fraction of sp³-hybridized carbons (Fsp3) is 0.474. The van der Waals surface area contributed by atoms with Crippen LogP contribution in [0.25, 0.3) is 0 Å². The van der Waals surface area contributed by atoms with Crippen molar-refractivity contribution in [3.8, 4) is 0 Å². The Balaban J connectivity index is 1.77. The zero-order chi connectivity index (χ0) is 14.7. The monoisotopic (exact) mass is 283 g/mol. The van der Waals surface area contributed by atoms with E-state index in [1.165, 1.54) is 43.2 Å². The van der Waals surface area contributed by atoms with E-state index in [9.17, 15) is 0 Å². The normalized spacial score (nSPS) is 17.8. The molecule has 0 spiro atoms. The van der Waals surface area contributed by atoms with E-state index in [1.807, 2.05) is 6.07 Å². The van der Waals surface area contributed by atoms with Gasteiger partial charge in [0, 0.05) is 12.0 Å². The number of hydrogen-bond acceptors (Lipinski definition) is 2. The highest BCUT2D eigenvalue weighted by atomic mass is 16.3. The van der Waals surface area contributed by atoms with Gasteiger partial charge >= 0.3 is 0 Å². The molecule has 112 valence electrons. The SMILES string of the molecule is CCc1occc1C(N)c1ccc(C2CCCCC2)cc1. The molecule has 1 saturated carbocycles. The average molecular weight is 283 g/mol. The Labute approximate surface area is 127 Å². The van der Waals surface area contributed by atoms with Gasteiger partial charge in [0.1, 0.15) is 5.76 Å². The summed E-state index contributed by atoms with van der Waals surface area (Å²) in [5.41, 5.74) is 10.2. The van der Waals surface area contributed by atoms with Crippen LogP contribution in [0.4, 0.5) is 0 Å². The van der Waals surface area contributed by atoms with Crippen LogP contribution >= 0.6 is 0 Å². The predicted molar refractivity (Wildman–Crippen MR) is 86.4 cm³/mol.